The van der Waals surface area contributed by atoms with Crippen molar-refractivity contribution in [1.29, 1.82) is 0 Å². The smallest absolute Gasteiger partial charge is 0.274 e. The lowest BCUT2D eigenvalue weighted by Gasteiger charge is -2.32. The first-order chi connectivity index (χ1) is 17.6. The van der Waals surface area contributed by atoms with Crippen LogP contribution in [0, 0.1) is 5.92 Å². The molecule has 0 spiro atoms. The molecule has 0 N–H and O–H groups in total. The Kier molecular flexibility index (Phi) is 7.57. The Morgan fingerprint density at radius 1 is 1.08 bits per heavy atom. The van der Waals surface area contributed by atoms with Gasteiger partial charge in [0.2, 0.25) is 0 Å². The van der Waals surface area contributed by atoms with E-state index < -0.39 is 0 Å². The zero-order valence-corrected chi connectivity index (χ0v) is 20.8. The maximum Gasteiger partial charge on any atom is 0.274 e. The Hall–Kier alpha value is -3.71. The van der Waals surface area contributed by atoms with E-state index in [2.05, 4.69) is 76.6 Å². The lowest BCUT2D eigenvalue weighted by molar-refractivity contribution is 0.0627. The molecule has 3 heterocycles. The molecule has 0 radical (unpaired) electrons. The molecule has 36 heavy (non-hydrogen) atoms. The van der Waals surface area contributed by atoms with E-state index in [1.807, 2.05) is 4.90 Å². The predicted octanol–water partition coefficient (Wildman–Crippen LogP) is 4.34. The summed E-state index contributed by atoms with van der Waals surface area (Å²) in [7, 11) is 2.16. The zero-order valence-electron chi connectivity index (χ0n) is 20.8. The monoisotopic (exact) mass is 483 g/mol. The lowest BCUT2D eigenvalue weighted by atomic mass is 9.98. The highest BCUT2D eigenvalue weighted by Crippen LogP contribution is 2.21. The number of carbonyl (C=O) groups is 1. The van der Waals surface area contributed by atoms with Crippen molar-refractivity contribution >= 4 is 11.6 Å². The molecule has 0 bridgehead atoms. The fraction of sp³-hybridized carbons (Fsp3) is 0.345. The van der Waals surface area contributed by atoms with Crippen LogP contribution in [0.15, 0.2) is 79.1 Å². The molecule has 186 valence electrons. The van der Waals surface area contributed by atoms with Gasteiger partial charge in [0.15, 0.2) is 11.3 Å². The van der Waals surface area contributed by atoms with Gasteiger partial charge in [-0.1, -0.05) is 42.5 Å². The van der Waals surface area contributed by atoms with E-state index in [0.29, 0.717) is 30.4 Å². The zero-order chi connectivity index (χ0) is 24.7. The van der Waals surface area contributed by atoms with Crippen molar-refractivity contribution in [3.8, 4) is 5.75 Å². The van der Waals surface area contributed by atoms with Crippen LogP contribution < -0.4 is 4.74 Å². The van der Waals surface area contributed by atoms with E-state index in [1.54, 1.807) is 29.0 Å². The van der Waals surface area contributed by atoms with Crippen LogP contribution in [-0.2, 0) is 13.0 Å². The molecular formula is C29H33N5O2. The van der Waals surface area contributed by atoms with Crippen LogP contribution in [0.1, 0.15) is 34.5 Å². The molecule has 1 saturated heterocycles. The van der Waals surface area contributed by atoms with Crippen LogP contribution >= 0.6 is 0 Å². The number of fused-ring (bicyclic) bond motifs is 1. The third kappa shape index (κ3) is 6.10. The summed E-state index contributed by atoms with van der Waals surface area (Å²) in [4.78, 5) is 21.5. The second kappa shape index (κ2) is 11.4. The van der Waals surface area contributed by atoms with Gasteiger partial charge in [0.25, 0.3) is 5.91 Å². The van der Waals surface area contributed by atoms with E-state index in [-0.39, 0.29) is 5.91 Å². The molecule has 0 aliphatic carbocycles. The molecule has 1 amide bonds. The first-order valence-corrected chi connectivity index (χ1v) is 12.7. The first kappa shape index (κ1) is 24.0. The number of piperidine rings is 1. The number of ether oxygens (including phenoxy) is 1. The molecule has 7 heteroatoms. The number of likely N-dealkylation sites (N-methyl/N-ethyl adjacent to an activating group) is 1. The number of amides is 1. The van der Waals surface area contributed by atoms with Crippen molar-refractivity contribution in [2.45, 2.75) is 25.8 Å². The summed E-state index contributed by atoms with van der Waals surface area (Å²) in [5.41, 5.74) is 3.77. The van der Waals surface area contributed by atoms with Crippen LogP contribution in [0.25, 0.3) is 5.65 Å². The fourth-order valence-electron chi connectivity index (χ4n) is 4.74. The second-order valence-electron chi connectivity index (χ2n) is 9.64. The number of hydrogen-bond acceptors (Lipinski definition) is 5. The SMILES string of the molecule is CN(CCc1ccccc1)Cc1ccc(OCC2CCCN(C(=O)c3cc4ncccn4n3)C2)cc1. The molecule has 2 aromatic carbocycles. The van der Waals surface area contributed by atoms with Crippen molar-refractivity contribution in [3.05, 3.63) is 95.9 Å². The number of carbonyl (C=O) groups excluding carboxylic acids is 1. The van der Waals surface area contributed by atoms with Crippen LogP contribution in [0.2, 0.25) is 0 Å². The molecule has 1 unspecified atom stereocenters. The molecule has 7 nitrogen and oxygen atoms in total. The van der Waals surface area contributed by atoms with Crippen LogP contribution in [0.3, 0.4) is 0 Å². The molecule has 5 rings (SSSR count). The minimum atomic E-state index is -0.0362. The molecular weight excluding hydrogens is 450 g/mol. The van der Waals surface area contributed by atoms with Crippen molar-refractivity contribution in [2.75, 3.05) is 33.3 Å². The number of benzene rings is 2. The Labute approximate surface area is 212 Å². The highest BCUT2D eigenvalue weighted by atomic mass is 16.5. The molecule has 0 saturated carbocycles. The largest absolute Gasteiger partial charge is 0.493 e. The van der Waals surface area contributed by atoms with Gasteiger partial charge in [0, 0.05) is 50.6 Å². The van der Waals surface area contributed by atoms with Gasteiger partial charge in [-0.05, 0) is 55.6 Å². The Morgan fingerprint density at radius 2 is 1.92 bits per heavy atom. The average molecular weight is 484 g/mol. The number of likely N-dealkylation sites (tertiary alicyclic amines) is 1. The average Bonchev–Trinajstić information content (AvgIpc) is 3.36. The van der Waals surface area contributed by atoms with Crippen molar-refractivity contribution in [2.24, 2.45) is 5.92 Å². The first-order valence-electron chi connectivity index (χ1n) is 12.7. The van der Waals surface area contributed by atoms with Gasteiger partial charge < -0.3 is 14.5 Å². The quantitative estimate of drug-likeness (QED) is 0.355. The summed E-state index contributed by atoms with van der Waals surface area (Å²) in [5, 5.41) is 4.39. The van der Waals surface area contributed by atoms with Crippen molar-refractivity contribution in [3.63, 3.8) is 0 Å². The topological polar surface area (TPSA) is 63.0 Å². The van der Waals surface area contributed by atoms with E-state index in [0.717, 1.165) is 44.6 Å². The number of hydrogen-bond donors (Lipinski definition) is 0. The summed E-state index contributed by atoms with van der Waals surface area (Å²) < 4.78 is 7.75. The summed E-state index contributed by atoms with van der Waals surface area (Å²) in [6.07, 6.45) is 6.59. The Morgan fingerprint density at radius 3 is 2.72 bits per heavy atom. The molecule has 1 aliphatic heterocycles. The highest BCUT2D eigenvalue weighted by Gasteiger charge is 2.26. The normalized spacial score (nSPS) is 15.9. The van der Waals surface area contributed by atoms with Crippen molar-refractivity contribution < 1.29 is 9.53 Å². The van der Waals surface area contributed by atoms with E-state index >= 15 is 0 Å². The second-order valence-corrected chi connectivity index (χ2v) is 9.64. The van der Waals surface area contributed by atoms with E-state index in [1.165, 1.54) is 11.1 Å². The molecule has 1 atom stereocenters. The molecule has 2 aromatic heterocycles. The number of aromatic nitrogens is 3. The van der Waals surface area contributed by atoms with Crippen LogP contribution in [0.4, 0.5) is 0 Å². The minimum Gasteiger partial charge on any atom is -0.493 e. The Balaban J connectivity index is 1.09. The van der Waals surface area contributed by atoms with E-state index in [9.17, 15) is 4.79 Å². The predicted molar refractivity (Wildman–Crippen MR) is 140 cm³/mol. The van der Waals surface area contributed by atoms with Gasteiger partial charge in [-0.3, -0.25) is 4.79 Å². The summed E-state index contributed by atoms with van der Waals surface area (Å²) in [6.45, 7) is 3.97. The van der Waals surface area contributed by atoms with Gasteiger partial charge in [-0.2, -0.15) is 5.10 Å². The summed E-state index contributed by atoms with van der Waals surface area (Å²) in [5.74, 6) is 1.15. The van der Waals surface area contributed by atoms with Gasteiger partial charge in [0.1, 0.15) is 5.75 Å². The standard InChI is InChI=1S/C29H33N5O2/c1-32(18-14-23-7-3-2-4-8-23)20-24-10-12-26(13-11-24)36-22-25-9-5-16-33(21-25)29(35)27-19-28-30-15-6-17-34(28)31-27/h2-4,6-8,10-13,15,17,19,25H,5,9,14,16,18,20-22H2,1H3. The number of nitrogens with zero attached hydrogens (tertiary/aromatic N) is 5. The third-order valence-corrected chi connectivity index (χ3v) is 6.75. The molecule has 1 aliphatic rings. The van der Waals surface area contributed by atoms with Crippen LogP contribution in [-0.4, -0.2) is 63.6 Å². The van der Waals surface area contributed by atoms with Gasteiger partial charge in [-0.15, -0.1) is 0 Å². The molecule has 4 aromatic rings. The summed E-state index contributed by atoms with van der Waals surface area (Å²) >= 11 is 0. The molecule has 1 fully saturated rings. The lowest BCUT2D eigenvalue weighted by Crippen LogP contribution is -2.41. The maximum atomic E-state index is 13.0. The minimum absolute atomic E-state index is 0.0362. The summed E-state index contributed by atoms with van der Waals surface area (Å²) in [6, 6.07) is 22.5. The van der Waals surface area contributed by atoms with E-state index in [4.69, 9.17) is 4.74 Å². The van der Waals surface area contributed by atoms with Gasteiger partial charge in [0.05, 0.1) is 6.61 Å². The van der Waals surface area contributed by atoms with Crippen LogP contribution in [0.5, 0.6) is 5.75 Å². The number of rotatable bonds is 9. The van der Waals surface area contributed by atoms with Crippen molar-refractivity contribution in [1.82, 2.24) is 24.4 Å². The highest BCUT2D eigenvalue weighted by molar-refractivity contribution is 5.93. The Bertz CT molecular complexity index is 1240. The fourth-order valence-corrected chi connectivity index (χ4v) is 4.74. The van der Waals surface area contributed by atoms with Gasteiger partial charge in [-0.25, -0.2) is 9.50 Å². The van der Waals surface area contributed by atoms with Gasteiger partial charge >= 0.3 is 0 Å². The maximum absolute atomic E-state index is 13.0. The third-order valence-electron chi connectivity index (χ3n) is 6.75.